The summed E-state index contributed by atoms with van der Waals surface area (Å²) in [6.45, 7) is 2.54. The number of aromatic nitrogens is 2. The van der Waals surface area contributed by atoms with Crippen LogP contribution < -0.4 is 4.90 Å². The zero-order valence-corrected chi connectivity index (χ0v) is 15.3. The van der Waals surface area contributed by atoms with Crippen molar-refractivity contribution in [2.45, 2.75) is 31.7 Å². The highest BCUT2D eigenvalue weighted by molar-refractivity contribution is 5.77. The predicted molar refractivity (Wildman–Crippen MR) is 102 cm³/mol. The van der Waals surface area contributed by atoms with Crippen molar-refractivity contribution in [3.63, 3.8) is 0 Å². The molecule has 2 aromatic heterocycles. The number of likely N-dealkylation sites (tertiary alicyclic amines) is 1. The lowest BCUT2D eigenvalue weighted by Crippen LogP contribution is -2.56. The fourth-order valence-corrected chi connectivity index (χ4v) is 4.27. The highest BCUT2D eigenvalue weighted by Gasteiger charge is 2.39. The first-order valence-electron chi connectivity index (χ1n) is 9.55. The highest BCUT2D eigenvalue weighted by Crippen LogP contribution is 2.33. The minimum atomic E-state index is 0.275. The molecule has 2 aromatic rings. The minimum Gasteiger partial charge on any atom is -0.356 e. The number of hydrogen-bond acceptors (Lipinski definition) is 5. The second kappa shape index (κ2) is 7.75. The van der Waals surface area contributed by atoms with Crippen molar-refractivity contribution in [1.29, 1.82) is 5.26 Å². The summed E-state index contributed by atoms with van der Waals surface area (Å²) in [7, 11) is 0. The van der Waals surface area contributed by atoms with Gasteiger partial charge in [0.25, 0.3) is 0 Å². The number of carbonyl (C=O) groups is 1. The van der Waals surface area contributed by atoms with Crippen molar-refractivity contribution in [2.24, 2.45) is 5.92 Å². The normalized spacial score (nSPS) is 22.3. The number of nitrogens with zero attached hydrogens (tertiary/aromatic N) is 5. The van der Waals surface area contributed by atoms with Gasteiger partial charge in [-0.2, -0.15) is 5.26 Å². The van der Waals surface area contributed by atoms with Gasteiger partial charge in [0, 0.05) is 56.6 Å². The summed E-state index contributed by atoms with van der Waals surface area (Å²) in [6, 6.07) is 12.1. The fourth-order valence-electron chi connectivity index (χ4n) is 4.27. The molecule has 0 radical (unpaired) electrons. The first kappa shape index (κ1) is 17.5. The minimum absolute atomic E-state index is 0.275. The highest BCUT2D eigenvalue weighted by atomic mass is 16.2. The molecule has 27 heavy (non-hydrogen) atoms. The summed E-state index contributed by atoms with van der Waals surface area (Å²) in [6.07, 6.45) is 6.76. The van der Waals surface area contributed by atoms with Gasteiger partial charge in [0.15, 0.2) is 0 Å². The van der Waals surface area contributed by atoms with Gasteiger partial charge in [0.05, 0.1) is 5.56 Å². The van der Waals surface area contributed by atoms with Crippen molar-refractivity contribution >= 4 is 11.7 Å². The molecule has 138 valence electrons. The molecule has 0 bridgehead atoms. The van der Waals surface area contributed by atoms with Crippen LogP contribution in [0, 0.1) is 17.2 Å². The number of amides is 1. The zero-order chi connectivity index (χ0) is 18.6. The molecule has 0 unspecified atom stereocenters. The molecular weight excluding hydrogens is 338 g/mol. The molecule has 2 aliphatic heterocycles. The van der Waals surface area contributed by atoms with Crippen molar-refractivity contribution in [2.75, 3.05) is 24.5 Å². The van der Waals surface area contributed by atoms with Gasteiger partial charge in [0.1, 0.15) is 11.9 Å². The average molecular weight is 361 g/mol. The zero-order valence-electron chi connectivity index (χ0n) is 15.3. The monoisotopic (exact) mass is 361 g/mol. The molecule has 0 N–H and O–H groups in total. The average Bonchev–Trinajstić information content (AvgIpc) is 2.73. The van der Waals surface area contributed by atoms with E-state index < -0.39 is 0 Å². The van der Waals surface area contributed by atoms with Crippen LogP contribution in [0.4, 0.5) is 5.82 Å². The Labute approximate surface area is 159 Å². The van der Waals surface area contributed by atoms with Crippen molar-refractivity contribution in [3.05, 3.63) is 54.0 Å². The molecule has 1 amide bonds. The Morgan fingerprint density at radius 2 is 2.11 bits per heavy atom. The predicted octanol–water partition coefficient (Wildman–Crippen LogP) is 2.41. The van der Waals surface area contributed by atoms with Crippen LogP contribution in [-0.4, -0.2) is 46.5 Å². The molecule has 0 aliphatic carbocycles. The SMILES string of the molecule is N#Cc1ccc(N2CC[C@@H]3[C@@H](CCC(=O)N3CCc3ccccn3)C2)nc1. The van der Waals surface area contributed by atoms with E-state index in [9.17, 15) is 4.79 Å². The van der Waals surface area contributed by atoms with Gasteiger partial charge in [-0.15, -0.1) is 0 Å². The third kappa shape index (κ3) is 3.77. The number of carbonyl (C=O) groups excluding carboxylic acids is 1. The molecule has 6 nitrogen and oxygen atoms in total. The fraction of sp³-hybridized carbons (Fsp3) is 0.429. The summed E-state index contributed by atoms with van der Waals surface area (Å²) in [4.78, 5) is 25.7. The maximum atomic E-state index is 12.5. The summed E-state index contributed by atoms with van der Waals surface area (Å²) in [5.74, 6) is 1.67. The molecule has 0 saturated carbocycles. The van der Waals surface area contributed by atoms with Crippen LogP contribution in [0.25, 0.3) is 0 Å². The van der Waals surface area contributed by atoms with E-state index in [2.05, 4.69) is 25.8 Å². The molecule has 0 spiro atoms. The Bertz CT molecular complexity index is 830. The number of pyridine rings is 2. The van der Waals surface area contributed by atoms with Gasteiger partial charge in [-0.05, 0) is 43.0 Å². The summed E-state index contributed by atoms with van der Waals surface area (Å²) >= 11 is 0. The first-order valence-corrected chi connectivity index (χ1v) is 9.55. The van der Waals surface area contributed by atoms with Gasteiger partial charge in [-0.3, -0.25) is 9.78 Å². The van der Waals surface area contributed by atoms with Gasteiger partial charge in [-0.1, -0.05) is 6.07 Å². The first-order chi connectivity index (χ1) is 13.2. The Morgan fingerprint density at radius 1 is 1.19 bits per heavy atom. The van der Waals surface area contributed by atoms with Crippen LogP contribution in [-0.2, 0) is 11.2 Å². The number of nitriles is 1. The molecule has 6 heteroatoms. The van der Waals surface area contributed by atoms with Crippen LogP contribution >= 0.6 is 0 Å². The Morgan fingerprint density at radius 3 is 2.85 bits per heavy atom. The largest absolute Gasteiger partial charge is 0.356 e. The van der Waals surface area contributed by atoms with Gasteiger partial charge >= 0.3 is 0 Å². The van der Waals surface area contributed by atoms with E-state index in [4.69, 9.17) is 5.26 Å². The topological polar surface area (TPSA) is 73.1 Å². The number of hydrogen-bond donors (Lipinski definition) is 0. The Kier molecular flexibility index (Phi) is 5.01. The third-order valence-electron chi connectivity index (χ3n) is 5.68. The van der Waals surface area contributed by atoms with E-state index in [0.29, 0.717) is 23.9 Å². The van der Waals surface area contributed by atoms with Crippen LogP contribution in [0.2, 0.25) is 0 Å². The van der Waals surface area contributed by atoms with Crippen molar-refractivity contribution in [1.82, 2.24) is 14.9 Å². The van der Waals surface area contributed by atoms with Crippen molar-refractivity contribution < 1.29 is 4.79 Å². The van der Waals surface area contributed by atoms with Gasteiger partial charge in [0.2, 0.25) is 5.91 Å². The van der Waals surface area contributed by atoms with E-state index in [-0.39, 0.29) is 5.91 Å². The smallest absolute Gasteiger partial charge is 0.222 e. The molecule has 0 aromatic carbocycles. The molecule has 2 aliphatic rings. The maximum Gasteiger partial charge on any atom is 0.222 e. The van der Waals surface area contributed by atoms with E-state index in [0.717, 1.165) is 50.4 Å². The number of anilines is 1. The quantitative estimate of drug-likeness (QED) is 0.836. The van der Waals surface area contributed by atoms with Crippen LogP contribution in [0.1, 0.15) is 30.5 Å². The number of fused-ring (bicyclic) bond motifs is 1. The van der Waals surface area contributed by atoms with Crippen molar-refractivity contribution in [3.8, 4) is 6.07 Å². The second-order valence-corrected chi connectivity index (χ2v) is 7.28. The van der Waals surface area contributed by atoms with Crippen LogP contribution in [0.3, 0.4) is 0 Å². The van der Waals surface area contributed by atoms with Crippen LogP contribution in [0.5, 0.6) is 0 Å². The van der Waals surface area contributed by atoms with E-state index >= 15 is 0 Å². The molecular formula is C21H23N5O. The number of rotatable bonds is 4. The van der Waals surface area contributed by atoms with E-state index in [1.807, 2.05) is 30.3 Å². The molecule has 4 rings (SSSR count). The van der Waals surface area contributed by atoms with Crippen LogP contribution in [0.15, 0.2) is 42.7 Å². The number of piperidine rings is 2. The van der Waals surface area contributed by atoms with E-state index in [1.54, 1.807) is 12.4 Å². The molecule has 4 heterocycles. The summed E-state index contributed by atoms with van der Waals surface area (Å²) < 4.78 is 0. The maximum absolute atomic E-state index is 12.5. The summed E-state index contributed by atoms with van der Waals surface area (Å²) in [5, 5.41) is 8.93. The second-order valence-electron chi connectivity index (χ2n) is 7.28. The van der Waals surface area contributed by atoms with Gasteiger partial charge in [-0.25, -0.2) is 4.98 Å². The summed E-state index contributed by atoms with van der Waals surface area (Å²) in [5.41, 5.74) is 1.62. The molecule has 2 fully saturated rings. The molecule has 2 atom stereocenters. The lowest BCUT2D eigenvalue weighted by molar-refractivity contribution is -0.139. The lowest BCUT2D eigenvalue weighted by Gasteiger charge is -2.47. The Balaban J connectivity index is 1.42. The standard InChI is InChI=1S/C21H23N5O/c22-13-16-4-6-20(24-14-16)25-11-9-19-17(15-25)5-7-21(27)26(19)12-8-18-3-1-2-10-23-18/h1-4,6,10,14,17,19H,5,7-9,11-12,15H2/t17-,19+/m0/s1. The Hall–Kier alpha value is -2.94. The van der Waals surface area contributed by atoms with Gasteiger partial charge < -0.3 is 9.80 Å². The molecule has 2 saturated heterocycles. The third-order valence-corrected chi connectivity index (χ3v) is 5.68. The van der Waals surface area contributed by atoms with E-state index in [1.165, 1.54) is 0 Å². The lowest BCUT2D eigenvalue weighted by atomic mass is 9.83.